The Labute approximate surface area is 268 Å². The second-order valence-electron chi connectivity index (χ2n) is 12.1. The van der Waals surface area contributed by atoms with Crippen LogP contribution in [0, 0.1) is 0 Å². The first kappa shape index (κ1) is 29.3. The van der Waals surface area contributed by atoms with E-state index < -0.39 is 0 Å². The topological polar surface area (TPSA) is 82.3 Å². The first-order chi connectivity index (χ1) is 22.3. The third-order valence-electron chi connectivity index (χ3n) is 7.66. The van der Waals surface area contributed by atoms with Crippen LogP contribution in [0.2, 0.25) is 0 Å². The molecule has 5 aromatic carbocycles. The molecular formula is C38H36N6O2. The standard InChI is InChI=1S/C38H36N6O2/c1-43(2)23-25-5-13-29(14-6-25)45-31-17-19-33-35(21-31)41-37(39-33)27-9-11-28(12-10-27)38-40-34-20-18-32(22-36(34)42-38)46-30-15-7-26(8-16-30)24-44(3)4/h5-22H,23-24H2,1-4H3,(H,39,41)(H,40,42). The minimum absolute atomic E-state index is 0.748. The van der Waals surface area contributed by atoms with Crippen LogP contribution in [0.25, 0.3) is 44.8 Å². The first-order valence-corrected chi connectivity index (χ1v) is 15.3. The molecule has 0 amide bonds. The number of nitrogens with zero attached hydrogens (tertiary/aromatic N) is 4. The van der Waals surface area contributed by atoms with Crippen molar-refractivity contribution in [3.63, 3.8) is 0 Å². The number of ether oxygens (including phenoxy) is 2. The molecule has 0 spiro atoms. The summed E-state index contributed by atoms with van der Waals surface area (Å²) in [6.45, 7) is 1.79. The number of imidazole rings is 2. The number of aromatic nitrogens is 4. The van der Waals surface area contributed by atoms with Crippen LogP contribution in [-0.2, 0) is 13.1 Å². The number of fused-ring (bicyclic) bond motifs is 2. The molecule has 0 fully saturated rings. The number of hydrogen-bond acceptors (Lipinski definition) is 6. The molecule has 0 atom stereocenters. The van der Waals surface area contributed by atoms with E-state index in [-0.39, 0.29) is 0 Å². The highest BCUT2D eigenvalue weighted by Gasteiger charge is 2.11. The third kappa shape index (κ3) is 6.63. The molecule has 8 heteroatoms. The zero-order valence-corrected chi connectivity index (χ0v) is 26.4. The molecule has 0 aliphatic rings. The lowest BCUT2D eigenvalue weighted by atomic mass is 10.1. The molecule has 0 radical (unpaired) electrons. The quantitative estimate of drug-likeness (QED) is 0.162. The van der Waals surface area contributed by atoms with E-state index in [2.05, 4.69) is 96.5 Å². The Kier molecular flexibility index (Phi) is 7.97. The van der Waals surface area contributed by atoms with Crippen LogP contribution in [0.1, 0.15) is 11.1 Å². The molecular weight excluding hydrogens is 572 g/mol. The Hall–Kier alpha value is -5.44. The van der Waals surface area contributed by atoms with Crippen molar-refractivity contribution in [1.82, 2.24) is 29.7 Å². The summed E-state index contributed by atoms with van der Waals surface area (Å²) in [4.78, 5) is 20.9. The van der Waals surface area contributed by atoms with Gasteiger partial charge in [-0.3, -0.25) is 0 Å². The molecule has 0 bridgehead atoms. The molecule has 0 aliphatic carbocycles. The molecule has 230 valence electrons. The van der Waals surface area contributed by atoms with Gasteiger partial charge in [0, 0.05) is 36.3 Å². The van der Waals surface area contributed by atoms with E-state index in [4.69, 9.17) is 19.4 Å². The molecule has 2 heterocycles. The van der Waals surface area contributed by atoms with Crippen molar-refractivity contribution in [3.05, 3.63) is 120 Å². The summed E-state index contributed by atoms with van der Waals surface area (Å²) in [6, 6.07) is 36.5. The van der Waals surface area contributed by atoms with E-state index in [1.54, 1.807) is 0 Å². The van der Waals surface area contributed by atoms with Gasteiger partial charge in [0.05, 0.1) is 22.1 Å². The lowest BCUT2D eigenvalue weighted by molar-refractivity contribution is 0.402. The molecule has 2 N–H and O–H groups in total. The van der Waals surface area contributed by atoms with Gasteiger partial charge in [-0.1, -0.05) is 48.5 Å². The smallest absolute Gasteiger partial charge is 0.138 e. The molecule has 2 aromatic heterocycles. The normalized spacial score (nSPS) is 11.6. The van der Waals surface area contributed by atoms with Crippen LogP contribution in [0.3, 0.4) is 0 Å². The number of H-pyrrole nitrogens is 2. The fraction of sp³-hybridized carbons (Fsp3) is 0.158. The second kappa shape index (κ2) is 12.5. The predicted octanol–water partition coefficient (Wildman–Crippen LogP) is 8.48. The Morgan fingerprint density at radius 2 is 0.848 bits per heavy atom. The Morgan fingerprint density at radius 1 is 0.478 bits per heavy atom. The van der Waals surface area contributed by atoms with Gasteiger partial charge in [-0.15, -0.1) is 0 Å². The van der Waals surface area contributed by atoms with Gasteiger partial charge in [-0.2, -0.15) is 0 Å². The van der Waals surface area contributed by atoms with Gasteiger partial charge >= 0.3 is 0 Å². The fourth-order valence-electron chi connectivity index (χ4n) is 5.49. The van der Waals surface area contributed by atoms with E-state index in [9.17, 15) is 0 Å². The first-order valence-electron chi connectivity index (χ1n) is 15.3. The van der Waals surface area contributed by atoms with Gasteiger partial charge in [0.2, 0.25) is 0 Å². The monoisotopic (exact) mass is 608 g/mol. The van der Waals surface area contributed by atoms with Gasteiger partial charge < -0.3 is 29.2 Å². The second-order valence-corrected chi connectivity index (χ2v) is 12.1. The van der Waals surface area contributed by atoms with Crippen LogP contribution in [0.15, 0.2) is 109 Å². The van der Waals surface area contributed by atoms with Crippen molar-refractivity contribution in [1.29, 1.82) is 0 Å². The minimum atomic E-state index is 0.748. The van der Waals surface area contributed by atoms with Gasteiger partial charge in [-0.05, 0) is 87.8 Å². The number of nitrogens with one attached hydrogen (secondary N) is 2. The van der Waals surface area contributed by atoms with Crippen molar-refractivity contribution in [3.8, 4) is 45.8 Å². The van der Waals surface area contributed by atoms with Crippen LogP contribution >= 0.6 is 0 Å². The molecule has 7 aromatic rings. The summed E-state index contributed by atoms with van der Waals surface area (Å²) in [7, 11) is 8.25. The van der Waals surface area contributed by atoms with Crippen LogP contribution < -0.4 is 9.47 Å². The average Bonchev–Trinajstić information content (AvgIpc) is 3.67. The maximum Gasteiger partial charge on any atom is 0.138 e. The van der Waals surface area contributed by atoms with Gasteiger partial charge in [0.15, 0.2) is 0 Å². The third-order valence-corrected chi connectivity index (χ3v) is 7.66. The number of hydrogen-bond donors (Lipinski definition) is 2. The molecule has 0 unspecified atom stereocenters. The predicted molar refractivity (Wildman–Crippen MR) is 184 cm³/mol. The van der Waals surface area contributed by atoms with E-state index in [1.807, 2.05) is 60.7 Å². The highest BCUT2D eigenvalue weighted by atomic mass is 16.5. The molecule has 0 saturated heterocycles. The zero-order valence-electron chi connectivity index (χ0n) is 26.4. The lowest BCUT2D eigenvalue weighted by Crippen LogP contribution is -2.10. The number of benzene rings is 5. The SMILES string of the molecule is CN(C)Cc1ccc(Oc2ccc3[nH]c(-c4ccc(-c5nc6cc(Oc7ccc(CN(C)C)cc7)ccc6[nH]5)cc4)nc3c2)cc1. The summed E-state index contributed by atoms with van der Waals surface area (Å²) in [5, 5.41) is 0. The van der Waals surface area contributed by atoms with Gasteiger partial charge in [-0.25, -0.2) is 9.97 Å². The Balaban J connectivity index is 1.04. The number of rotatable bonds is 10. The van der Waals surface area contributed by atoms with E-state index >= 15 is 0 Å². The highest BCUT2D eigenvalue weighted by molar-refractivity contribution is 5.83. The fourth-order valence-corrected chi connectivity index (χ4v) is 5.49. The van der Waals surface area contributed by atoms with Crippen LogP contribution in [0.4, 0.5) is 0 Å². The minimum Gasteiger partial charge on any atom is -0.457 e. The largest absolute Gasteiger partial charge is 0.457 e. The lowest BCUT2D eigenvalue weighted by Gasteiger charge is -2.10. The van der Waals surface area contributed by atoms with Crippen LogP contribution in [-0.4, -0.2) is 57.9 Å². The van der Waals surface area contributed by atoms with Crippen LogP contribution in [0.5, 0.6) is 23.0 Å². The summed E-state index contributed by atoms with van der Waals surface area (Å²) < 4.78 is 12.2. The number of aromatic amines is 2. The summed E-state index contributed by atoms with van der Waals surface area (Å²) in [5.74, 6) is 4.69. The average molecular weight is 609 g/mol. The van der Waals surface area contributed by atoms with E-state index in [0.29, 0.717) is 0 Å². The van der Waals surface area contributed by atoms with Gasteiger partial charge in [0.25, 0.3) is 0 Å². The van der Waals surface area contributed by atoms with E-state index in [0.717, 1.165) is 80.9 Å². The summed E-state index contributed by atoms with van der Waals surface area (Å²) >= 11 is 0. The summed E-state index contributed by atoms with van der Waals surface area (Å²) in [5.41, 5.74) is 8.06. The zero-order chi connectivity index (χ0) is 31.6. The maximum atomic E-state index is 6.12. The van der Waals surface area contributed by atoms with Crippen molar-refractivity contribution in [2.24, 2.45) is 0 Å². The van der Waals surface area contributed by atoms with Crippen molar-refractivity contribution < 1.29 is 9.47 Å². The molecule has 7 rings (SSSR count). The van der Waals surface area contributed by atoms with E-state index in [1.165, 1.54) is 11.1 Å². The Bertz CT molecular complexity index is 1940. The van der Waals surface area contributed by atoms with Gasteiger partial charge in [0.1, 0.15) is 34.6 Å². The van der Waals surface area contributed by atoms with Crippen molar-refractivity contribution in [2.75, 3.05) is 28.2 Å². The maximum absolute atomic E-state index is 6.12. The van der Waals surface area contributed by atoms with Crippen molar-refractivity contribution >= 4 is 22.1 Å². The highest BCUT2D eigenvalue weighted by Crippen LogP contribution is 2.30. The Morgan fingerprint density at radius 3 is 1.22 bits per heavy atom. The summed E-state index contributed by atoms with van der Waals surface area (Å²) in [6.07, 6.45) is 0. The molecule has 0 saturated carbocycles. The molecule has 8 nitrogen and oxygen atoms in total. The molecule has 46 heavy (non-hydrogen) atoms. The van der Waals surface area contributed by atoms with Crippen molar-refractivity contribution in [2.45, 2.75) is 13.1 Å². The molecule has 0 aliphatic heterocycles.